The van der Waals surface area contributed by atoms with Gasteiger partial charge in [0.25, 0.3) is 5.91 Å². The first-order chi connectivity index (χ1) is 13.0. The van der Waals surface area contributed by atoms with Crippen molar-refractivity contribution in [2.75, 3.05) is 13.1 Å². The van der Waals surface area contributed by atoms with Gasteiger partial charge in [-0.25, -0.2) is 9.59 Å². The molecule has 0 saturated carbocycles. The highest BCUT2D eigenvalue weighted by Gasteiger charge is 2.28. The Kier molecular flexibility index (Phi) is 6.69. The van der Waals surface area contributed by atoms with Gasteiger partial charge in [-0.05, 0) is 77.1 Å². The zero-order valence-corrected chi connectivity index (χ0v) is 17.2. The number of piperidine rings is 1. The topological polar surface area (TPSA) is 95.9 Å². The zero-order valence-electron chi connectivity index (χ0n) is 17.2. The molecule has 0 unspecified atom stereocenters. The molecule has 2 amide bonds. The minimum absolute atomic E-state index is 0.0403. The molecular formula is C21H30N2O5. The van der Waals surface area contributed by atoms with Crippen molar-refractivity contribution in [3.8, 4) is 0 Å². The Morgan fingerprint density at radius 2 is 1.68 bits per heavy atom. The summed E-state index contributed by atoms with van der Waals surface area (Å²) in [6.07, 6.45) is 1.04. The van der Waals surface area contributed by atoms with E-state index in [4.69, 9.17) is 4.74 Å². The molecule has 1 aromatic carbocycles. The molecule has 1 aliphatic rings. The van der Waals surface area contributed by atoms with Crippen LogP contribution in [0.4, 0.5) is 4.79 Å². The number of nitrogens with one attached hydrogen (secondary N) is 1. The Bertz CT molecular complexity index is 744. The van der Waals surface area contributed by atoms with Gasteiger partial charge in [-0.15, -0.1) is 0 Å². The van der Waals surface area contributed by atoms with E-state index in [1.807, 2.05) is 34.6 Å². The molecule has 1 saturated heterocycles. The van der Waals surface area contributed by atoms with Crippen molar-refractivity contribution in [3.05, 3.63) is 34.9 Å². The number of likely N-dealkylation sites (tertiary alicyclic amines) is 1. The number of hydrogen-bond acceptors (Lipinski definition) is 4. The van der Waals surface area contributed by atoms with Crippen LogP contribution >= 0.6 is 0 Å². The summed E-state index contributed by atoms with van der Waals surface area (Å²) >= 11 is 0. The second-order valence-electron chi connectivity index (χ2n) is 8.52. The van der Waals surface area contributed by atoms with Crippen LogP contribution < -0.4 is 5.32 Å². The van der Waals surface area contributed by atoms with E-state index >= 15 is 0 Å². The summed E-state index contributed by atoms with van der Waals surface area (Å²) in [5.74, 6) is -1.26. The maximum Gasteiger partial charge on any atom is 0.410 e. The van der Waals surface area contributed by atoms with Gasteiger partial charge in [0.1, 0.15) is 5.60 Å². The Morgan fingerprint density at radius 3 is 2.18 bits per heavy atom. The lowest BCUT2D eigenvalue weighted by atomic mass is 9.87. The van der Waals surface area contributed by atoms with Crippen molar-refractivity contribution in [2.24, 2.45) is 0 Å². The molecule has 1 fully saturated rings. The fourth-order valence-corrected chi connectivity index (χ4v) is 3.21. The predicted octanol–water partition coefficient (Wildman–Crippen LogP) is 3.64. The molecule has 1 heterocycles. The maximum absolute atomic E-state index is 12.4. The van der Waals surface area contributed by atoms with Crippen LogP contribution in [0.1, 0.15) is 79.7 Å². The van der Waals surface area contributed by atoms with Crippen LogP contribution in [0.25, 0.3) is 0 Å². The van der Waals surface area contributed by atoms with Gasteiger partial charge in [0.15, 0.2) is 0 Å². The normalized spacial score (nSPS) is 15.4. The molecule has 1 aromatic rings. The van der Waals surface area contributed by atoms with Gasteiger partial charge in [0, 0.05) is 24.7 Å². The first kappa shape index (κ1) is 21.7. The third-order valence-electron chi connectivity index (χ3n) is 4.50. The molecule has 2 N–H and O–H groups in total. The molecule has 0 aliphatic carbocycles. The third kappa shape index (κ3) is 5.97. The summed E-state index contributed by atoms with van der Waals surface area (Å²) < 4.78 is 5.41. The largest absolute Gasteiger partial charge is 0.478 e. The second kappa shape index (κ2) is 8.63. The van der Waals surface area contributed by atoms with Gasteiger partial charge in [0.2, 0.25) is 0 Å². The molecule has 1 aliphatic heterocycles. The van der Waals surface area contributed by atoms with Gasteiger partial charge in [0.05, 0.1) is 5.56 Å². The molecule has 0 bridgehead atoms. The standard InChI is InChI=1S/C21H30N2O5/c1-13(2)22-18(24)16-10-15(11-17(12-16)19(25)26)14-6-8-23(9-7-14)20(27)28-21(3,4)5/h10-14H,6-9H2,1-5H3,(H,22,24)(H,25,26). The summed E-state index contributed by atoms with van der Waals surface area (Å²) in [5.41, 5.74) is 0.722. The highest BCUT2D eigenvalue weighted by molar-refractivity contribution is 5.98. The molecule has 0 radical (unpaired) electrons. The van der Waals surface area contributed by atoms with Crippen LogP contribution in [0.2, 0.25) is 0 Å². The van der Waals surface area contributed by atoms with Crippen molar-refractivity contribution in [1.29, 1.82) is 0 Å². The number of carboxylic acids is 1. The van der Waals surface area contributed by atoms with Crippen molar-refractivity contribution < 1.29 is 24.2 Å². The monoisotopic (exact) mass is 390 g/mol. The molecule has 0 spiro atoms. The first-order valence-electron chi connectivity index (χ1n) is 9.63. The van der Waals surface area contributed by atoms with E-state index in [0.717, 1.165) is 5.56 Å². The smallest absolute Gasteiger partial charge is 0.410 e. The predicted molar refractivity (Wildman–Crippen MR) is 106 cm³/mol. The van der Waals surface area contributed by atoms with Crippen molar-refractivity contribution in [3.63, 3.8) is 0 Å². The van der Waals surface area contributed by atoms with E-state index in [9.17, 15) is 19.5 Å². The van der Waals surface area contributed by atoms with Gasteiger partial charge in [-0.2, -0.15) is 0 Å². The number of rotatable bonds is 4. The van der Waals surface area contributed by atoms with E-state index in [2.05, 4.69) is 5.32 Å². The fourth-order valence-electron chi connectivity index (χ4n) is 3.21. The Hall–Kier alpha value is -2.57. The molecule has 0 atom stereocenters. The van der Waals surface area contributed by atoms with Gasteiger partial charge in [-0.1, -0.05) is 0 Å². The maximum atomic E-state index is 12.4. The molecular weight excluding hydrogens is 360 g/mol. The minimum atomic E-state index is -1.06. The average molecular weight is 390 g/mol. The summed E-state index contributed by atoms with van der Waals surface area (Å²) in [6.45, 7) is 10.3. The number of aromatic carboxylic acids is 1. The van der Waals surface area contributed by atoms with Crippen LogP contribution in [-0.4, -0.2) is 52.7 Å². The van der Waals surface area contributed by atoms with Gasteiger partial charge < -0.3 is 20.1 Å². The van der Waals surface area contributed by atoms with Gasteiger partial charge >= 0.3 is 12.1 Å². The highest BCUT2D eigenvalue weighted by atomic mass is 16.6. The molecule has 154 valence electrons. The van der Waals surface area contributed by atoms with Crippen LogP contribution in [-0.2, 0) is 4.74 Å². The minimum Gasteiger partial charge on any atom is -0.478 e. The van der Waals surface area contributed by atoms with Gasteiger partial charge in [-0.3, -0.25) is 4.79 Å². The summed E-state index contributed by atoms with van der Waals surface area (Å²) in [6, 6.07) is 4.75. The number of ether oxygens (including phenoxy) is 1. The third-order valence-corrected chi connectivity index (χ3v) is 4.50. The van der Waals surface area contributed by atoms with E-state index in [1.165, 1.54) is 6.07 Å². The molecule has 7 nitrogen and oxygen atoms in total. The average Bonchev–Trinajstić information content (AvgIpc) is 2.59. The molecule has 28 heavy (non-hydrogen) atoms. The lowest BCUT2D eigenvalue weighted by Gasteiger charge is -2.33. The molecule has 7 heteroatoms. The number of benzene rings is 1. The zero-order chi connectivity index (χ0) is 21.1. The number of nitrogens with zero attached hydrogens (tertiary/aromatic N) is 1. The van der Waals surface area contributed by atoms with Crippen LogP contribution in [0.5, 0.6) is 0 Å². The van der Waals surface area contributed by atoms with Crippen LogP contribution in [0.3, 0.4) is 0 Å². The van der Waals surface area contributed by atoms with Crippen LogP contribution in [0.15, 0.2) is 18.2 Å². The van der Waals surface area contributed by atoms with Crippen LogP contribution in [0, 0.1) is 0 Å². The molecule has 0 aromatic heterocycles. The van der Waals surface area contributed by atoms with Crippen molar-refractivity contribution in [1.82, 2.24) is 10.2 Å². The summed E-state index contributed by atoms with van der Waals surface area (Å²) in [5, 5.41) is 12.2. The fraction of sp³-hybridized carbons (Fsp3) is 0.571. The van der Waals surface area contributed by atoms with E-state index in [0.29, 0.717) is 31.5 Å². The van der Waals surface area contributed by atoms with E-state index in [1.54, 1.807) is 17.0 Å². The lowest BCUT2D eigenvalue weighted by Crippen LogP contribution is -2.41. The number of carbonyl (C=O) groups is 3. The Morgan fingerprint density at radius 1 is 1.11 bits per heavy atom. The van der Waals surface area contributed by atoms with Crippen molar-refractivity contribution >= 4 is 18.0 Å². The van der Waals surface area contributed by atoms with E-state index in [-0.39, 0.29) is 29.5 Å². The SMILES string of the molecule is CC(C)NC(=O)c1cc(C(=O)O)cc(C2CCN(C(=O)OC(C)(C)C)CC2)c1. The number of carboxylic acid groups (broad SMARTS) is 1. The number of hydrogen-bond donors (Lipinski definition) is 2. The lowest BCUT2D eigenvalue weighted by molar-refractivity contribution is 0.0204. The highest BCUT2D eigenvalue weighted by Crippen LogP contribution is 2.30. The molecule has 2 rings (SSSR count). The number of amides is 2. The second-order valence-corrected chi connectivity index (χ2v) is 8.52. The quantitative estimate of drug-likeness (QED) is 0.818. The number of carbonyl (C=O) groups excluding carboxylic acids is 2. The van der Waals surface area contributed by atoms with Crippen molar-refractivity contribution in [2.45, 2.75) is 65.0 Å². The van der Waals surface area contributed by atoms with E-state index < -0.39 is 11.6 Å². The summed E-state index contributed by atoms with van der Waals surface area (Å²) in [4.78, 5) is 37.8. The summed E-state index contributed by atoms with van der Waals surface area (Å²) in [7, 11) is 0. The Balaban J connectivity index is 2.15. The Labute approximate surface area is 166 Å². The first-order valence-corrected chi connectivity index (χ1v) is 9.63.